The lowest BCUT2D eigenvalue weighted by molar-refractivity contribution is -0.384. The molecule has 0 aliphatic heterocycles. The highest BCUT2D eigenvalue weighted by molar-refractivity contribution is 5.83. The highest BCUT2D eigenvalue weighted by atomic mass is 16.6. The molecule has 21 heavy (non-hydrogen) atoms. The molecule has 0 unspecified atom stereocenters. The van der Waals surface area contributed by atoms with Crippen molar-refractivity contribution in [3.63, 3.8) is 0 Å². The number of non-ortho nitro benzene ring substituents is 1. The maximum atomic E-state index is 11.7. The van der Waals surface area contributed by atoms with E-state index in [2.05, 4.69) is 10.5 Å². The number of nitrogens with one attached hydrogen (secondary N) is 1. The quantitative estimate of drug-likeness (QED) is 0.519. The molecule has 0 radical (unpaired) electrons. The molecule has 0 atom stereocenters. The van der Waals surface area contributed by atoms with E-state index in [9.17, 15) is 14.9 Å². The molecule has 0 aromatic heterocycles. The molecular formula is C15H13N3O3. The van der Waals surface area contributed by atoms with Crippen LogP contribution in [0.5, 0.6) is 0 Å². The van der Waals surface area contributed by atoms with Crippen LogP contribution in [0.3, 0.4) is 0 Å². The summed E-state index contributed by atoms with van der Waals surface area (Å²) in [6.07, 6.45) is 1.66. The molecule has 2 aromatic carbocycles. The lowest BCUT2D eigenvalue weighted by Crippen LogP contribution is -2.19. The summed E-state index contributed by atoms with van der Waals surface area (Å²) in [6, 6.07) is 15.2. The van der Waals surface area contributed by atoms with Crippen LogP contribution < -0.4 is 5.43 Å². The van der Waals surface area contributed by atoms with Gasteiger partial charge in [0.25, 0.3) is 5.69 Å². The average Bonchev–Trinajstić information content (AvgIpc) is 2.49. The van der Waals surface area contributed by atoms with Crippen molar-refractivity contribution in [1.82, 2.24) is 5.43 Å². The number of nitrogens with zero attached hydrogens (tertiary/aromatic N) is 2. The molecule has 6 heteroatoms. The Bertz CT molecular complexity index is 652. The van der Waals surface area contributed by atoms with Crippen LogP contribution in [0.25, 0.3) is 0 Å². The van der Waals surface area contributed by atoms with Gasteiger partial charge in [0.15, 0.2) is 0 Å². The van der Waals surface area contributed by atoms with Crippen molar-refractivity contribution in [3.05, 3.63) is 75.8 Å². The zero-order valence-corrected chi connectivity index (χ0v) is 11.1. The van der Waals surface area contributed by atoms with Crippen LogP contribution in [0, 0.1) is 10.1 Å². The molecule has 0 bridgehead atoms. The third kappa shape index (κ3) is 4.54. The van der Waals surface area contributed by atoms with Crippen molar-refractivity contribution in [2.45, 2.75) is 6.42 Å². The van der Waals surface area contributed by atoms with E-state index in [1.807, 2.05) is 30.3 Å². The Kier molecular flexibility index (Phi) is 4.76. The molecule has 6 nitrogen and oxygen atoms in total. The molecule has 106 valence electrons. The summed E-state index contributed by atoms with van der Waals surface area (Å²) in [7, 11) is 0. The van der Waals surface area contributed by atoms with Crippen LogP contribution in [0.15, 0.2) is 59.7 Å². The Morgan fingerprint density at radius 1 is 1.14 bits per heavy atom. The van der Waals surface area contributed by atoms with Gasteiger partial charge in [0.2, 0.25) is 5.91 Å². The number of hydrogen-bond acceptors (Lipinski definition) is 4. The van der Waals surface area contributed by atoms with Crippen molar-refractivity contribution in [2.75, 3.05) is 0 Å². The minimum absolute atomic E-state index is 0.00116. The SMILES string of the molecule is O=C(Cc1ccc([N+](=O)[O-])cc1)N/N=C/c1ccccc1. The third-order valence-electron chi connectivity index (χ3n) is 2.71. The molecule has 2 rings (SSSR count). The number of hydrogen-bond donors (Lipinski definition) is 1. The first-order chi connectivity index (χ1) is 10.1. The Morgan fingerprint density at radius 2 is 1.81 bits per heavy atom. The van der Waals surface area contributed by atoms with E-state index in [0.717, 1.165) is 5.56 Å². The van der Waals surface area contributed by atoms with Gasteiger partial charge in [0.1, 0.15) is 0 Å². The van der Waals surface area contributed by atoms with Crippen molar-refractivity contribution < 1.29 is 9.72 Å². The smallest absolute Gasteiger partial charge is 0.269 e. The molecule has 0 saturated carbocycles. The summed E-state index contributed by atoms with van der Waals surface area (Å²) in [6.45, 7) is 0. The summed E-state index contributed by atoms with van der Waals surface area (Å²) in [5, 5.41) is 14.4. The van der Waals surface area contributed by atoms with E-state index in [1.54, 1.807) is 18.3 Å². The Balaban J connectivity index is 1.87. The average molecular weight is 283 g/mol. The number of nitro groups is 1. The minimum atomic E-state index is -0.478. The second kappa shape index (κ2) is 6.95. The molecule has 1 N–H and O–H groups in total. The standard InChI is InChI=1S/C15H13N3O3/c19-15(17-16-11-13-4-2-1-3-5-13)10-12-6-8-14(9-7-12)18(20)21/h1-9,11H,10H2,(H,17,19)/b16-11+. The molecule has 1 amide bonds. The van der Waals surface area contributed by atoms with Crippen LogP contribution in [0.4, 0.5) is 5.69 Å². The van der Waals surface area contributed by atoms with Gasteiger partial charge in [0, 0.05) is 12.1 Å². The third-order valence-corrected chi connectivity index (χ3v) is 2.71. The summed E-state index contributed by atoms with van der Waals surface area (Å²) in [4.78, 5) is 21.7. The van der Waals surface area contributed by atoms with Gasteiger partial charge in [-0.15, -0.1) is 0 Å². The van der Waals surface area contributed by atoms with Crippen LogP contribution >= 0.6 is 0 Å². The molecule has 2 aromatic rings. The highest BCUT2D eigenvalue weighted by Gasteiger charge is 2.06. The van der Waals surface area contributed by atoms with E-state index >= 15 is 0 Å². The molecular weight excluding hydrogens is 270 g/mol. The zero-order chi connectivity index (χ0) is 15.1. The van der Waals surface area contributed by atoms with E-state index in [0.29, 0.717) is 5.56 Å². The molecule has 0 aliphatic rings. The van der Waals surface area contributed by atoms with Crippen molar-refractivity contribution in [3.8, 4) is 0 Å². The summed E-state index contributed by atoms with van der Waals surface area (Å²) in [5.74, 6) is -0.281. The first-order valence-corrected chi connectivity index (χ1v) is 6.25. The normalized spacial score (nSPS) is 10.5. The molecule has 0 saturated heterocycles. The Hall–Kier alpha value is -3.02. The number of hydrazone groups is 1. The van der Waals surface area contributed by atoms with Gasteiger partial charge in [0.05, 0.1) is 17.6 Å². The first kappa shape index (κ1) is 14.4. The maximum absolute atomic E-state index is 11.7. The lowest BCUT2D eigenvalue weighted by Gasteiger charge is -2.00. The maximum Gasteiger partial charge on any atom is 0.269 e. The molecule has 0 heterocycles. The fourth-order valence-electron chi connectivity index (χ4n) is 1.68. The zero-order valence-electron chi connectivity index (χ0n) is 11.1. The Morgan fingerprint density at radius 3 is 2.43 bits per heavy atom. The van der Waals surface area contributed by atoms with Crippen molar-refractivity contribution in [1.29, 1.82) is 0 Å². The lowest BCUT2D eigenvalue weighted by atomic mass is 10.1. The van der Waals surface area contributed by atoms with Crippen molar-refractivity contribution in [2.24, 2.45) is 5.10 Å². The number of nitro benzene ring substituents is 1. The second-order valence-corrected chi connectivity index (χ2v) is 4.30. The number of benzene rings is 2. The fraction of sp³-hybridized carbons (Fsp3) is 0.0667. The van der Waals surface area contributed by atoms with Gasteiger partial charge >= 0.3 is 0 Å². The summed E-state index contributed by atoms with van der Waals surface area (Å²) < 4.78 is 0. The molecule has 0 fully saturated rings. The van der Waals surface area contributed by atoms with Crippen molar-refractivity contribution >= 4 is 17.8 Å². The number of carbonyl (C=O) groups is 1. The van der Waals surface area contributed by atoms with Crippen LogP contribution in [0.2, 0.25) is 0 Å². The topological polar surface area (TPSA) is 84.6 Å². The van der Waals surface area contributed by atoms with Crippen LogP contribution in [-0.2, 0) is 11.2 Å². The largest absolute Gasteiger partial charge is 0.273 e. The van der Waals surface area contributed by atoms with Gasteiger partial charge < -0.3 is 0 Å². The van der Waals surface area contributed by atoms with Gasteiger partial charge in [-0.1, -0.05) is 42.5 Å². The second-order valence-electron chi connectivity index (χ2n) is 4.30. The molecule has 0 spiro atoms. The minimum Gasteiger partial charge on any atom is -0.273 e. The monoisotopic (exact) mass is 283 g/mol. The predicted molar refractivity (Wildman–Crippen MR) is 79.0 cm³/mol. The number of carbonyl (C=O) groups excluding carboxylic acids is 1. The van der Waals surface area contributed by atoms with Gasteiger partial charge in [-0.3, -0.25) is 14.9 Å². The number of rotatable bonds is 5. The van der Waals surface area contributed by atoms with Gasteiger partial charge in [-0.2, -0.15) is 5.10 Å². The Labute approximate surface area is 121 Å². The summed E-state index contributed by atoms with van der Waals surface area (Å²) in [5.41, 5.74) is 3.99. The van der Waals surface area contributed by atoms with E-state index in [1.165, 1.54) is 12.1 Å². The van der Waals surface area contributed by atoms with E-state index in [-0.39, 0.29) is 18.0 Å². The van der Waals surface area contributed by atoms with Gasteiger partial charge in [-0.25, -0.2) is 5.43 Å². The van der Waals surface area contributed by atoms with E-state index in [4.69, 9.17) is 0 Å². The highest BCUT2D eigenvalue weighted by Crippen LogP contribution is 2.12. The predicted octanol–water partition coefficient (Wildman–Crippen LogP) is 2.29. The van der Waals surface area contributed by atoms with Gasteiger partial charge in [-0.05, 0) is 11.1 Å². The van der Waals surface area contributed by atoms with Crippen LogP contribution in [-0.4, -0.2) is 17.0 Å². The van der Waals surface area contributed by atoms with E-state index < -0.39 is 4.92 Å². The first-order valence-electron chi connectivity index (χ1n) is 6.25. The fourth-order valence-corrected chi connectivity index (χ4v) is 1.68. The molecule has 0 aliphatic carbocycles. The van der Waals surface area contributed by atoms with Crippen LogP contribution in [0.1, 0.15) is 11.1 Å². The summed E-state index contributed by atoms with van der Waals surface area (Å²) >= 11 is 0. The number of amides is 1.